The minimum absolute atomic E-state index is 0.222. The number of nitrogens with one attached hydrogen (secondary N) is 1. The number of aromatic nitrogens is 1. The third kappa shape index (κ3) is 3.14. The van der Waals surface area contributed by atoms with Gasteiger partial charge >= 0.3 is 5.97 Å². The van der Waals surface area contributed by atoms with Gasteiger partial charge in [-0.1, -0.05) is 29.8 Å². The molecule has 0 spiro atoms. The van der Waals surface area contributed by atoms with Crippen LogP contribution in [-0.4, -0.2) is 24.0 Å². The predicted octanol–water partition coefficient (Wildman–Crippen LogP) is 4.66. The van der Waals surface area contributed by atoms with Crippen LogP contribution in [0.25, 0.3) is 10.2 Å². The Labute approximate surface area is 166 Å². The van der Waals surface area contributed by atoms with Crippen molar-refractivity contribution in [3.63, 3.8) is 0 Å². The van der Waals surface area contributed by atoms with E-state index >= 15 is 0 Å². The van der Waals surface area contributed by atoms with Crippen LogP contribution in [0.15, 0.2) is 36.4 Å². The highest BCUT2D eigenvalue weighted by atomic mass is 35.5. The number of nitrogens with zero attached hydrogens (tertiary/aromatic N) is 1. The summed E-state index contributed by atoms with van der Waals surface area (Å²) in [5.41, 5.74) is 3.11. The summed E-state index contributed by atoms with van der Waals surface area (Å²) in [4.78, 5) is 17.3. The number of halogens is 1. The van der Waals surface area contributed by atoms with Crippen molar-refractivity contribution in [3.8, 4) is 5.75 Å². The molecule has 0 aliphatic carbocycles. The molecule has 1 atom stereocenters. The molecule has 1 saturated heterocycles. The molecule has 27 heavy (non-hydrogen) atoms. The Morgan fingerprint density at radius 3 is 2.85 bits per heavy atom. The van der Waals surface area contributed by atoms with E-state index in [9.17, 15) is 4.79 Å². The summed E-state index contributed by atoms with van der Waals surface area (Å²) in [6, 6.07) is 12.1. The van der Waals surface area contributed by atoms with Gasteiger partial charge < -0.3 is 10.1 Å². The molecule has 3 aromatic rings. The van der Waals surface area contributed by atoms with Crippen molar-refractivity contribution in [2.45, 2.75) is 31.1 Å². The number of hydrogen-bond donors (Lipinski definition) is 1. The standard InChI is InChI=1S/C21H19ClN2O2S/c22-16-2-1-3-18-19(16)24-20(27-18)15-10-14-5-4-13(11-17(14)26-21(15)25)12-6-8-23-9-7-12/h1-5,11-12,15,23H,6-10H2. The van der Waals surface area contributed by atoms with Crippen LogP contribution in [0.2, 0.25) is 5.02 Å². The average molecular weight is 399 g/mol. The Morgan fingerprint density at radius 1 is 1.19 bits per heavy atom. The molecule has 1 aromatic heterocycles. The maximum absolute atomic E-state index is 12.7. The van der Waals surface area contributed by atoms with E-state index in [0.717, 1.165) is 46.7 Å². The zero-order chi connectivity index (χ0) is 18.4. The predicted molar refractivity (Wildman–Crippen MR) is 108 cm³/mol. The third-order valence-corrected chi connectivity index (χ3v) is 6.94. The fourth-order valence-electron chi connectivity index (χ4n) is 4.00. The molecule has 0 radical (unpaired) electrons. The van der Waals surface area contributed by atoms with Gasteiger partial charge in [0.15, 0.2) is 0 Å². The van der Waals surface area contributed by atoms with E-state index in [4.69, 9.17) is 16.3 Å². The molecule has 2 aliphatic heterocycles. The van der Waals surface area contributed by atoms with Gasteiger partial charge in [0.2, 0.25) is 0 Å². The Balaban J connectivity index is 1.45. The Morgan fingerprint density at radius 2 is 2.04 bits per heavy atom. The smallest absolute Gasteiger partial charge is 0.321 e. The van der Waals surface area contributed by atoms with Gasteiger partial charge in [-0.2, -0.15) is 0 Å². The van der Waals surface area contributed by atoms with Gasteiger partial charge in [0.25, 0.3) is 0 Å². The number of ether oxygens (including phenoxy) is 1. The average Bonchev–Trinajstić information content (AvgIpc) is 3.13. The molecule has 5 rings (SSSR count). The summed E-state index contributed by atoms with van der Waals surface area (Å²) in [6.45, 7) is 2.09. The van der Waals surface area contributed by atoms with E-state index < -0.39 is 0 Å². The van der Waals surface area contributed by atoms with E-state index in [1.165, 1.54) is 16.9 Å². The van der Waals surface area contributed by atoms with Crippen LogP contribution in [0.1, 0.15) is 40.8 Å². The van der Waals surface area contributed by atoms with Crippen molar-refractivity contribution in [1.82, 2.24) is 10.3 Å². The summed E-state index contributed by atoms with van der Waals surface area (Å²) >= 11 is 7.76. The summed E-state index contributed by atoms with van der Waals surface area (Å²) in [7, 11) is 0. The summed E-state index contributed by atoms with van der Waals surface area (Å²) in [5, 5.41) is 4.78. The monoisotopic (exact) mass is 398 g/mol. The summed E-state index contributed by atoms with van der Waals surface area (Å²) in [5.74, 6) is 0.668. The first-order valence-corrected chi connectivity index (χ1v) is 10.5. The number of esters is 1. The van der Waals surface area contributed by atoms with E-state index in [2.05, 4.69) is 28.5 Å². The van der Waals surface area contributed by atoms with Crippen LogP contribution in [-0.2, 0) is 11.2 Å². The highest BCUT2D eigenvalue weighted by Crippen LogP contribution is 2.39. The lowest BCUT2D eigenvalue weighted by atomic mass is 9.88. The quantitative estimate of drug-likeness (QED) is 0.503. The van der Waals surface area contributed by atoms with Crippen molar-refractivity contribution in [1.29, 1.82) is 0 Å². The molecule has 0 saturated carbocycles. The maximum atomic E-state index is 12.7. The van der Waals surface area contributed by atoms with Crippen molar-refractivity contribution < 1.29 is 9.53 Å². The number of para-hydroxylation sites is 1. The van der Waals surface area contributed by atoms with Crippen LogP contribution < -0.4 is 10.1 Å². The number of hydrogen-bond acceptors (Lipinski definition) is 5. The normalized spacial score (nSPS) is 20.5. The first-order chi connectivity index (χ1) is 13.2. The van der Waals surface area contributed by atoms with Gasteiger partial charge in [0.1, 0.15) is 22.2 Å². The first kappa shape index (κ1) is 17.2. The number of benzene rings is 2. The van der Waals surface area contributed by atoms with Crippen molar-refractivity contribution in [2.24, 2.45) is 0 Å². The van der Waals surface area contributed by atoms with Crippen molar-refractivity contribution >= 4 is 39.1 Å². The zero-order valence-corrected chi connectivity index (χ0v) is 16.3. The fourth-order valence-corrected chi connectivity index (χ4v) is 5.35. The molecule has 0 amide bonds. The van der Waals surface area contributed by atoms with Gasteiger partial charge in [-0.15, -0.1) is 11.3 Å². The Bertz CT molecular complexity index is 1030. The number of carbonyl (C=O) groups excluding carboxylic acids is 1. The molecular formula is C21H19ClN2O2S. The van der Waals surface area contributed by atoms with Gasteiger partial charge in [-0.05, 0) is 67.6 Å². The SMILES string of the molecule is O=C1Oc2cc(C3CCNCC3)ccc2CC1c1nc2c(Cl)cccc2s1. The molecule has 3 heterocycles. The lowest BCUT2D eigenvalue weighted by molar-refractivity contribution is -0.137. The van der Waals surface area contributed by atoms with E-state index in [-0.39, 0.29) is 11.9 Å². The van der Waals surface area contributed by atoms with Crippen molar-refractivity contribution in [3.05, 3.63) is 57.6 Å². The molecule has 2 aliphatic rings. The van der Waals surface area contributed by atoms with Crippen LogP contribution in [0.3, 0.4) is 0 Å². The lowest BCUT2D eigenvalue weighted by Gasteiger charge is -2.26. The molecule has 1 unspecified atom stereocenters. The highest BCUT2D eigenvalue weighted by molar-refractivity contribution is 7.18. The fraction of sp³-hybridized carbons (Fsp3) is 0.333. The van der Waals surface area contributed by atoms with Gasteiger partial charge in [0, 0.05) is 0 Å². The van der Waals surface area contributed by atoms with Crippen LogP contribution in [0.4, 0.5) is 0 Å². The molecule has 2 aromatic carbocycles. The second-order valence-corrected chi connectivity index (χ2v) is 8.68. The molecule has 138 valence electrons. The molecule has 1 fully saturated rings. The number of carbonyl (C=O) groups is 1. The Hall–Kier alpha value is -1.95. The Kier molecular flexibility index (Phi) is 4.38. The minimum atomic E-state index is -0.365. The second-order valence-electron chi connectivity index (χ2n) is 7.21. The summed E-state index contributed by atoms with van der Waals surface area (Å²) < 4.78 is 6.73. The van der Waals surface area contributed by atoms with Gasteiger partial charge in [0.05, 0.1) is 9.72 Å². The van der Waals surface area contributed by atoms with Crippen LogP contribution in [0.5, 0.6) is 5.75 Å². The van der Waals surface area contributed by atoms with Gasteiger partial charge in [-0.25, -0.2) is 4.98 Å². The molecule has 6 heteroatoms. The number of piperidine rings is 1. The zero-order valence-electron chi connectivity index (χ0n) is 14.7. The third-order valence-electron chi connectivity index (χ3n) is 5.51. The summed E-state index contributed by atoms with van der Waals surface area (Å²) in [6.07, 6.45) is 2.88. The van der Waals surface area contributed by atoms with E-state index in [1.807, 2.05) is 18.2 Å². The first-order valence-electron chi connectivity index (χ1n) is 9.29. The van der Waals surface area contributed by atoms with Crippen molar-refractivity contribution in [2.75, 3.05) is 13.1 Å². The maximum Gasteiger partial charge on any atom is 0.321 e. The van der Waals surface area contributed by atoms with E-state index in [1.54, 1.807) is 0 Å². The number of thiazole rings is 1. The largest absolute Gasteiger partial charge is 0.426 e. The molecule has 0 bridgehead atoms. The van der Waals surface area contributed by atoms with Gasteiger partial charge in [-0.3, -0.25) is 4.79 Å². The second kappa shape index (κ2) is 6.89. The number of rotatable bonds is 2. The van der Waals surface area contributed by atoms with E-state index in [0.29, 0.717) is 23.1 Å². The minimum Gasteiger partial charge on any atom is -0.426 e. The lowest BCUT2D eigenvalue weighted by Crippen LogP contribution is -2.28. The molecular weight excluding hydrogens is 380 g/mol. The van der Waals surface area contributed by atoms with Crippen LogP contribution in [0, 0.1) is 0 Å². The molecule has 4 nitrogen and oxygen atoms in total. The topological polar surface area (TPSA) is 51.2 Å². The van der Waals surface area contributed by atoms with Crippen LogP contribution >= 0.6 is 22.9 Å². The molecule has 1 N–H and O–H groups in total. The number of fused-ring (bicyclic) bond motifs is 2. The highest BCUT2D eigenvalue weighted by Gasteiger charge is 2.33.